The summed E-state index contributed by atoms with van der Waals surface area (Å²) in [5.74, 6) is 1.23. The van der Waals surface area contributed by atoms with Crippen LogP contribution in [0.3, 0.4) is 0 Å². The number of aliphatic imine (C=N–C) groups is 1. The second-order valence-corrected chi connectivity index (χ2v) is 5.77. The van der Waals surface area contributed by atoms with Gasteiger partial charge in [0.1, 0.15) is 11.6 Å². The first-order chi connectivity index (χ1) is 12.0. The lowest BCUT2D eigenvalue weighted by Crippen LogP contribution is -2.36. The molecule has 0 unspecified atom stereocenters. The van der Waals surface area contributed by atoms with Crippen LogP contribution in [0.25, 0.3) is 0 Å². The number of benzene rings is 2. The van der Waals surface area contributed by atoms with Crippen molar-refractivity contribution in [3.05, 3.63) is 59.4 Å². The number of guanidine groups is 1. The van der Waals surface area contributed by atoms with Crippen molar-refractivity contribution < 1.29 is 9.13 Å². The number of nitrogens with one attached hydrogen (secondary N) is 2. The van der Waals surface area contributed by atoms with E-state index < -0.39 is 0 Å². The number of nitrogens with zero attached hydrogens (tertiary/aromatic N) is 2. The molecule has 134 valence electrons. The molecule has 0 heterocycles. The van der Waals surface area contributed by atoms with E-state index in [1.54, 1.807) is 25.1 Å². The van der Waals surface area contributed by atoms with Gasteiger partial charge in [-0.1, -0.05) is 24.3 Å². The second kappa shape index (κ2) is 8.92. The van der Waals surface area contributed by atoms with Gasteiger partial charge >= 0.3 is 0 Å². The van der Waals surface area contributed by atoms with Crippen molar-refractivity contribution in [1.29, 1.82) is 0 Å². The molecule has 0 spiro atoms. The zero-order chi connectivity index (χ0) is 18.2. The highest BCUT2D eigenvalue weighted by Crippen LogP contribution is 2.18. The van der Waals surface area contributed by atoms with Crippen molar-refractivity contribution in [3.63, 3.8) is 0 Å². The molecule has 0 aliphatic rings. The first kappa shape index (κ1) is 18.6. The van der Waals surface area contributed by atoms with E-state index in [0.29, 0.717) is 24.7 Å². The summed E-state index contributed by atoms with van der Waals surface area (Å²) in [6, 6.07) is 13.0. The van der Waals surface area contributed by atoms with E-state index in [1.807, 2.05) is 44.4 Å². The molecule has 6 heteroatoms. The maximum Gasteiger partial charge on any atom is 0.191 e. The SMILES string of the molecule is CN=C(NCc1ccc(N(C)C)c(F)c1)NCc1ccccc1OC. The third-order valence-electron chi connectivity index (χ3n) is 3.82. The van der Waals surface area contributed by atoms with Gasteiger partial charge in [-0.2, -0.15) is 0 Å². The van der Waals surface area contributed by atoms with Crippen molar-refractivity contribution in [1.82, 2.24) is 10.6 Å². The Bertz CT molecular complexity index is 731. The highest BCUT2D eigenvalue weighted by atomic mass is 19.1. The molecule has 25 heavy (non-hydrogen) atoms. The molecule has 2 N–H and O–H groups in total. The number of hydrogen-bond acceptors (Lipinski definition) is 3. The smallest absolute Gasteiger partial charge is 0.191 e. The fraction of sp³-hybridized carbons (Fsp3) is 0.316. The highest BCUT2D eigenvalue weighted by molar-refractivity contribution is 5.79. The van der Waals surface area contributed by atoms with Gasteiger partial charge in [-0.3, -0.25) is 4.99 Å². The minimum absolute atomic E-state index is 0.235. The molecule has 0 saturated heterocycles. The number of hydrogen-bond donors (Lipinski definition) is 2. The quantitative estimate of drug-likeness (QED) is 0.625. The van der Waals surface area contributed by atoms with Gasteiger partial charge in [0.25, 0.3) is 0 Å². The minimum atomic E-state index is -0.235. The summed E-state index contributed by atoms with van der Waals surface area (Å²) >= 11 is 0. The van der Waals surface area contributed by atoms with Gasteiger partial charge in [0.15, 0.2) is 5.96 Å². The molecule has 0 aliphatic heterocycles. The van der Waals surface area contributed by atoms with Crippen LogP contribution in [0.15, 0.2) is 47.5 Å². The molecule has 0 amide bonds. The Labute approximate surface area is 148 Å². The molecule has 0 aliphatic carbocycles. The van der Waals surface area contributed by atoms with E-state index in [4.69, 9.17) is 4.74 Å². The predicted octanol–water partition coefficient (Wildman–Crippen LogP) is 2.77. The van der Waals surface area contributed by atoms with E-state index in [1.165, 1.54) is 6.07 Å². The van der Waals surface area contributed by atoms with Crippen LogP contribution in [0.1, 0.15) is 11.1 Å². The van der Waals surface area contributed by atoms with Gasteiger partial charge in [-0.05, 0) is 23.8 Å². The molecule has 0 bridgehead atoms. The Morgan fingerprint density at radius 3 is 2.48 bits per heavy atom. The summed E-state index contributed by atoms with van der Waals surface area (Å²) in [6.07, 6.45) is 0. The summed E-state index contributed by atoms with van der Waals surface area (Å²) < 4.78 is 19.4. The monoisotopic (exact) mass is 344 g/mol. The summed E-state index contributed by atoms with van der Waals surface area (Å²) in [7, 11) is 6.99. The summed E-state index contributed by atoms with van der Waals surface area (Å²) in [5, 5.41) is 6.42. The van der Waals surface area contributed by atoms with Crippen LogP contribution in [0.2, 0.25) is 0 Å². The number of halogens is 1. The molecule has 2 aromatic carbocycles. The van der Waals surface area contributed by atoms with Gasteiger partial charge in [0.2, 0.25) is 0 Å². The first-order valence-electron chi connectivity index (χ1n) is 8.07. The Balaban J connectivity index is 1.93. The van der Waals surface area contributed by atoms with Gasteiger partial charge in [-0.25, -0.2) is 4.39 Å². The average molecular weight is 344 g/mol. The Hall–Kier alpha value is -2.76. The third-order valence-corrected chi connectivity index (χ3v) is 3.82. The zero-order valence-electron chi connectivity index (χ0n) is 15.1. The fourth-order valence-corrected chi connectivity index (χ4v) is 2.46. The van der Waals surface area contributed by atoms with Gasteiger partial charge in [0, 0.05) is 39.8 Å². The number of para-hydroxylation sites is 1. The molecule has 0 radical (unpaired) electrons. The molecule has 2 rings (SSSR count). The lowest BCUT2D eigenvalue weighted by Gasteiger charge is -2.16. The van der Waals surface area contributed by atoms with E-state index in [9.17, 15) is 4.39 Å². The molecule has 0 atom stereocenters. The summed E-state index contributed by atoms with van der Waals surface area (Å²) in [6.45, 7) is 1.06. The average Bonchev–Trinajstić information content (AvgIpc) is 2.61. The number of rotatable bonds is 6. The molecule has 2 aromatic rings. The topological polar surface area (TPSA) is 48.9 Å². The van der Waals surface area contributed by atoms with E-state index in [2.05, 4.69) is 15.6 Å². The normalized spacial score (nSPS) is 11.2. The number of anilines is 1. The van der Waals surface area contributed by atoms with Crippen LogP contribution in [0.5, 0.6) is 5.75 Å². The number of methoxy groups -OCH3 is 1. The minimum Gasteiger partial charge on any atom is -0.496 e. The van der Waals surface area contributed by atoms with Crippen molar-refractivity contribution in [2.75, 3.05) is 33.2 Å². The molecule has 0 fully saturated rings. The van der Waals surface area contributed by atoms with Crippen molar-refractivity contribution in [3.8, 4) is 5.75 Å². The molecule has 5 nitrogen and oxygen atoms in total. The van der Waals surface area contributed by atoms with Gasteiger partial charge < -0.3 is 20.3 Å². The molecular weight excluding hydrogens is 319 g/mol. The van der Waals surface area contributed by atoms with Crippen LogP contribution >= 0.6 is 0 Å². The highest BCUT2D eigenvalue weighted by Gasteiger charge is 2.07. The summed E-state index contributed by atoms with van der Waals surface area (Å²) in [5.41, 5.74) is 2.46. The van der Waals surface area contributed by atoms with E-state index in [0.717, 1.165) is 16.9 Å². The van der Waals surface area contributed by atoms with Crippen LogP contribution in [0, 0.1) is 5.82 Å². The zero-order valence-corrected chi connectivity index (χ0v) is 15.1. The number of ether oxygens (including phenoxy) is 1. The Kier molecular flexibility index (Phi) is 6.62. The van der Waals surface area contributed by atoms with Gasteiger partial charge in [0.05, 0.1) is 12.8 Å². The Morgan fingerprint density at radius 2 is 1.84 bits per heavy atom. The standard InChI is InChI=1S/C19H25FN4O/c1-21-19(23-13-15-7-5-6-8-18(15)25-4)22-12-14-9-10-17(24(2)3)16(20)11-14/h5-11H,12-13H2,1-4H3,(H2,21,22,23). The van der Waals surface area contributed by atoms with Gasteiger partial charge in [-0.15, -0.1) is 0 Å². The van der Waals surface area contributed by atoms with Crippen LogP contribution in [-0.4, -0.2) is 34.2 Å². The lowest BCUT2D eigenvalue weighted by atomic mass is 10.2. The molecule has 0 aromatic heterocycles. The maximum atomic E-state index is 14.0. The molecular formula is C19H25FN4O. The second-order valence-electron chi connectivity index (χ2n) is 5.77. The summed E-state index contributed by atoms with van der Waals surface area (Å²) in [4.78, 5) is 5.94. The van der Waals surface area contributed by atoms with Crippen LogP contribution < -0.4 is 20.3 Å². The van der Waals surface area contributed by atoms with Crippen molar-refractivity contribution in [2.45, 2.75) is 13.1 Å². The van der Waals surface area contributed by atoms with Crippen LogP contribution in [0.4, 0.5) is 10.1 Å². The van der Waals surface area contributed by atoms with Crippen LogP contribution in [-0.2, 0) is 13.1 Å². The lowest BCUT2D eigenvalue weighted by molar-refractivity contribution is 0.409. The predicted molar refractivity (Wildman–Crippen MR) is 101 cm³/mol. The first-order valence-corrected chi connectivity index (χ1v) is 8.07. The fourth-order valence-electron chi connectivity index (χ4n) is 2.46. The molecule has 0 saturated carbocycles. The third kappa shape index (κ3) is 5.11. The largest absolute Gasteiger partial charge is 0.496 e. The van der Waals surface area contributed by atoms with E-state index in [-0.39, 0.29) is 5.82 Å². The van der Waals surface area contributed by atoms with E-state index >= 15 is 0 Å². The maximum absolute atomic E-state index is 14.0. The Morgan fingerprint density at radius 1 is 1.12 bits per heavy atom. The van der Waals surface area contributed by atoms with Crippen molar-refractivity contribution >= 4 is 11.6 Å². The van der Waals surface area contributed by atoms with Crippen molar-refractivity contribution in [2.24, 2.45) is 4.99 Å².